The van der Waals surface area contributed by atoms with Crippen molar-refractivity contribution < 1.29 is 14.3 Å². The molecule has 0 saturated heterocycles. The number of carbonyl (C=O) groups excluding carboxylic acids is 1. The summed E-state index contributed by atoms with van der Waals surface area (Å²) in [6.07, 6.45) is -0.461. The van der Waals surface area contributed by atoms with Gasteiger partial charge in [-0.1, -0.05) is 12.1 Å². The normalized spacial score (nSPS) is 9.73. The second kappa shape index (κ2) is 6.03. The Labute approximate surface area is 89.2 Å². The van der Waals surface area contributed by atoms with Crippen LogP contribution in [-0.2, 0) is 9.47 Å². The second-order valence-corrected chi connectivity index (χ2v) is 3.12. The van der Waals surface area contributed by atoms with Gasteiger partial charge in [0.25, 0.3) is 0 Å². The Kier molecular flexibility index (Phi) is 4.63. The van der Waals surface area contributed by atoms with E-state index in [9.17, 15) is 4.79 Å². The highest BCUT2D eigenvalue weighted by Crippen LogP contribution is 2.09. The molecule has 0 aliphatic heterocycles. The zero-order valence-corrected chi connectivity index (χ0v) is 8.95. The van der Waals surface area contributed by atoms with Gasteiger partial charge in [0.1, 0.15) is 6.61 Å². The van der Waals surface area contributed by atoms with E-state index in [1.807, 2.05) is 31.2 Å². The van der Waals surface area contributed by atoms with Crippen LogP contribution in [0.3, 0.4) is 0 Å². The lowest BCUT2D eigenvalue weighted by Crippen LogP contribution is -2.16. The predicted octanol–water partition coefficient (Wildman–Crippen LogP) is 2.19. The maximum absolute atomic E-state index is 11.2. The molecule has 1 aromatic carbocycles. The highest BCUT2D eigenvalue weighted by Gasteiger charge is 2.01. The minimum absolute atomic E-state index is 0.258. The lowest BCUT2D eigenvalue weighted by atomic mass is 10.2. The van der Waals surface area contributed by atoms with Gasteiger partial charge in [-0.2, -0.15) is 0 Å². The zero-order chi connectivity index (χ0) is 11.1. The van der Waals surface area contributed by atoms with E-state index in [-0.39, 0.29) is 6.61 Å². The molecule has 1 rings (SSSR count). The van der Waals surface area contributed by atoms with Gasteiger partial charge >= 0.3 is 6.09 Å². The van der Waals surface area contributed by atoms with Crippen LogP contribution in [0, 0.1) is 6.92 Å². The van der Waals surface area contributed by atoms with E-state index in [1.54, 1.807) is 7.11 Å². The zero-order valence-electron chi connectivity index (χ0n) is 8.95. The molecule has 1 N–H and O–H groups in total. The molecule has 0 bridgehead atoms. The summed E-state index contributed by atoms with van der Waals surface area (Å²) < 4.78 is 9.61. The summed E-state index contributed by atoms with van der Waals surface area (Å²) in [7, 11) is 1.56. The number of anilines is 1. The first-order valence-corrected chi connectivity index (χ1v) is 4.72. The van der Waals surface area contributed by atoms with E-state index < -0.39 is 6.09 Å². The number of nitrogens with one attached hydrogen (secondary N) is 1. The van der Waals surface area contributed by atoms with Crippen LogP contribution in [0.4, 0.5) is 10.5 Å². The fourth-order valence-corrected chi connectivity index (χ4v) is 1.09. The van der Waals surface area contributed by atoms with Crippen LogP contribution < -0.4 is 5.32 Å². The number of rotatable bonds is 4. The Hall–Kier alpha value is -1.55. The van der Waals surface area contributed by atoms with Crippen LogP contribution in [0.5, 0.6) is 0 Å². The van der Waals surface area contributed by atoms with Gasteiger partial charge in [-0.05, 0) is 24.6 Å². The lowest BCUT2D eigenvalue weighted by Gasteiger charge is -2.06. The van der Waals surface area contributed by atoms with Gasteiger partial charge in [0.2, 0.25) is 0 Å². The molecule has 0 aliphatic carbocycles. The molecule has 0 aromatic heterocycles. The number of amides is 1. The Morgan fingerprint density at radius 3 is 2.87 bits per heavy atom. The first kappa shape index (κ1) is 11.5. The van der Waals surface area contributed by atoms with E-state index in [2.05, 4.69) is 5.32 Å². The minimum Gasteiger partial charge on any atom is -0.447 e. The van der Waals surface area contributed by atoms with Crippen molar-refractivity contribution in [2.75, 3.05) is 25.6 Å². The highest BCUT2D eigenvalue weighted by molar-refractivity contribution is 5.84. The molecular weight excluding hydrogens is 194 g/mol. The molecule has 15 heavy (non-hydrogen) atoms. The number of carbonyl (C=O) groups is 1. The molecule has 0 spiro atoms. The number of aryl methyl sites for hydroxylation is 1. The summed E-state index contributed by atoms with van der Waals surface area (Å²) >= 11 is 0. The summed E-state index contributed by atoms with van der Waals surface area (Å²) in [4.78, 5) is 11.2. The molecule has 0 radical (unpaired) electrons. The van der Waals surface area contributed by atoms with Gasteiger partial charge in [0, 0.05) is 12.8 Å². The van der Waals surface area contributed by atoms with Gasteiger partial charge < -0.3 is 9.47 Å². The first-order chi connectivity index (χ1) is 7.22. The average molecular weight is 209 g/mol. The standard InChI is InChI=1S/C11H15NO3/c1-9-4-3-5-10(8-9)12-11(13)15-7-6-14-2/h3-5,8H,6-7H2,1-2H3,(H,12,13). The van der Waals surface area contributed by atoms with E-state index in [0.29, 0.717) is 6.61 Å². The van der Waals surface area contributed by atoms with Crippen LogP contribution in [0.25, 0.3) is 0 Å². The number of methoxy groups -OCH3 is 1. The monoisotopic (exact) mass is 209 g/mol. The van der Waals surface area contributed by atoms with Crippen LogP contribution >= 0.6 is 0 Å². The van der Waals surface area contributed by atoms with Crippen molar-refractivity contribution >= 4 is 11.8 Å². The van der Waals surface area contributed by atoms with Crippen LogP contribution in [-0.4, -0.2) is 26.4 Å². The van der Waals surface area contributed by atoms with Crippen LogP contribution in [0.15, 0.2) is 24.3 Å². The molecule has 0 atom stereocenters. The summed E-state index contributed by atoms with van der Waals surface area (Å²) in [6, 6.07) is 7.52. The Morgan fingerprint density at radius 2 is 2.20 bits per heavy atom. The van der Waals surface area contributed by atoms with Crippen molar-refractivity contribution in [2.45, 2.75) is 6.92 Å². The van der Waals surface area contributed by atoms with E-state index in [1.165, 1.54) is 0 Å². The maximum Gasteiger partial charge on any atom is 0.411 e. The van der Waals surface area contributed by atoms with Gasteiger partial charge in [0.15, 0.2) is 0 Å². The van der Waals surface area contributed by atoms with E-state index >= 15 is 0 Å². The van der Waals surface area contributed by atoms with Crippen LogP contribution in [0.2, 0.25) is 0 Å². The summed E-state index contributed by atoms with van der Waals surface area (Å²) in [5.74, 6) is 0. The van der Waals surface area contributed by atoms with Gasteiger partial charge in [-0.15, -0.1) is 0 Å². The number of benzene rings is 1. The smallest absolute Gasteiger partial charge is 0.411 e. The quantitative estimate of drug-likeness (QED) is 0.773. The Morgan fingerprint density at radius 1 is 1.40 bits per heavy atom. The highest BCUT2D eigenvalue weighted by atomic mass is 16.6. The molecule has 0 unspecified atom stereocenters. The van der Waals surface area contributed by atoms with Gasteiger partial charge in [0.05, 0.1) is 6.61 Å². The van der Waals surface area contributed by atoms with Crippen molar-refractivity contribution in [1.29, 1.82) is 0 Å². The van der Waals surface area contributed by atoms with Crippen molar-refractivity contribution in [1.82, 2.24) is 0 Å². The van der Waals surface area contributed by atoms with E-state index in [0.717, 1.165) is 11.3 Å². The summed E-state index contributed by atoms with van der Waals surface area (Å²) in [5.41, 5.74) is 1.82. The second-order valence-electron chi connectivity index (χ2n) is 3.12. The molecule has 0 aliphatic rings. The SMILES string of the molecule is COCCOC(=O)Nc1cccc(C)c1. The third kappa shape index (κ3) is 4.46. The topological polar surface area (TPSA) is 47.6 Å². The summed E-state index contributed by atoms with van der Waals surface area (Å²) in [6.45, 7) is 2.62. The largest absolute Gasteiger partial charge is 0.447 e. The Balaban J connectivity index is 2.37. The molecule has 4 heteroatoms. The fraction of sp³-hybridized carbons (Fsp3) is 0.364. The molecular formula is C11H15NO3. The van der Waals surface area contributed by atoms with Crippen molar-refractivity contribution in [3.63, 3.8) is 0 Å². The van der Waals surface area contributed by atoms with E-state index in [4.69, 9.17) is 9.47 Å². The third-order valence-electron chi connectivity index (χ3n) is 1.79. The van der Waals surface area contributed by atoms with Gasteiger partial charge in [-0.25, -0.2) is 4.79 Å². The molecule has 0 heterocycles. The molecule has 82 valence electrons. The molecule has 1 aromatic rings. The third-order valence-corrected chi connectivity index (χ3v) is 1.79. The number of ether oxygens (including phenoxy) is 2. The molecule has 1 amide bonds. The molecule has 4 nitrogen and oxygen atoms in total. The van der Waals surface area contributed by atoms with Crippen molar-refractivity contribution in [3.05, 3.63) is 29.8 Å². The predicted molar refractivity (Wildman–Crippen MR) is 58.0 cm³/mol. The molecule has 0 saturated carbocycles. The number of hydrogen-bond donors (Lipinski definition) is 1. The average Bonchev–Trinajstić information content (AvgIpc) is 2.18. The maximum atomic E-state index is 11.2. The summed E-state index contributed by atoms with van der Waals surface area (Å²) in [5, 5.41) is 2.62. The first-order valence-electron chi connectivity index (χ1n) is 4.72. The fourth-order valence-electron chi connectivity index (χ4n) is 1.09. The van der Waals surface area contributed by atoms with Crippen molar-refractivity contribution in [2.24, 2.45) is 0 Å². The number of hydrogen-bond acceptors (Lipinski definition) is 3. The Bertz CT molecular complexity index is 325. The van der Waals surface area contributed by atoms with Gasteiger partial charge in [-0.3, -0.25) is 5.32 Å². The molecule has 0 fully saturated rings. The van der Waals surface area contributed by atoms with Crippen LogP contribution in [0.1, 0.15) is 5.56 Å². The lowest BCUT2D eigenvalue weighted by molar-refractivity contribution is 0.107. The van der Waals surface area contributed by atoms with Crippen molar-refractivity contribution in [3.8, 4) is 0 Å². The minimum atomic E-state index is -0.461.